The number of ketones is 1. The lowest BCUT2D eigenvalue weighted by atomic mass is 9.65. The Morgan fingerprint density at radius 1 is 1.44 bits per heavy atom. The molecular formula is C13H20O3. The molecule has 3 nitrogen and oxygen atoms in total. The van der Waals surface area contributed by atoms with Crippen LogP contribution in [0.15, 0.2) is 17.4 Å². The van der Waals surface area contributed by atoms with Crippen LogP contribution in [-0.2, 0) is 4.79 Å². The number of carbonyl (C=O) groups excluding carboxylic acids is 1. The van der Waals surface area contributed by atoms with Gasteiger partial charge < -0.3 is 10.2 Å². The first-order valence-corrected chi connectivity index (χ1v) is 5.54. The highest BCUT2D eigenvalue weighted by Crippen LogP contribution is 2.45. The van der Waals surface area contributed by atoms with Gasteiger partial charge in [-0.2, -0.15) is 0 Å². The van der Waals surface area contributed by atoms with Crippen molar-refractivity contribution in [2.75, 3.05) is 0 Å². The number of aliphatic hydroxyl groups is 2. The van der Waals surface area contributed by atoms with Gasteiger partial charge in [0.05, 0.1) is 11.7 Å². The van der Waals surface area contributed by atoms with E-state index in [0.717, 1.165) is 0 Å². The van der Waals surface area contributed by atoms with Crippen molar-refractivity contribution < 1.29 is 15.0 Å². The van der Waals surface area contributed by atoms with Crippen LogP contribution >= 0.6 is 0 Å². The number of hydrogen-bond donors (Lipinski definition) is 2. The van der Waals surface area contributed by atoms with Gasteiger partial charge in [0.15, 0.2) is 5.78 Å². The van der Waals surface area contributed by atoms with Crippen LogP contribution in [0.3, 0.4) is 0 Å². The molecule has 90 valence electrons. The molecule has 0 aliphatic heterocycles. The maximum Gasteiger partial charge on any atom is 0.160 e. The number of rotatable bonds is 1. The van der Waals surface area contributed by atoms with Crippen LogP contribution in [-0.4, -0.2) is 27.7 Å². The molecule has 16 heavy (non-hydrogen) atoms. The molecule has 0 heterocycles. The fourth-order valence-corrected chi connectivity index (χ4v) is 2.58. The summed E-state index contributed by atoms with van der Waals surface area (Å²) in [5.41, 5.74) is 2.17. The van der Waals surface area contributed by atoms with Crippen LogP contribution in [0.4, 0.5) is 0 Å². The summed E-state index contributed by atoms with van der Waals surface area (Å²) in [6.07, 6.45) is 1.72. The average Bonchev–Trinajstić information content (AvgIpc) is 1.96. The third-order valence-corrected chi connectivity index (χ3v) is 3.01. The third kappa shape index (κ3) is 2.82. The molecule has 3 heteroatoms. The predicted molar refractivity (Wildman–Crippen MR) is 61.9 cm³/mol. The van der Waals surface area contributed by atoms with E-state index in [1.165, 1.54) is 13.0 Å². The molecule has 1 fully saturated rings. The third-order valence-electron chi connectivity index (χ3n) is 3.01. The quantitative estimate of drug-likeness (QED) is 0.525. The van der Waals surface area contributed by atoms with E-state index in [0.29, 0.717) is 18.4 Å². The largest absolute Gasteiger partial charge is 0.393 e. The first kappa shape index (κ1) is 13.2. The van der Waals surface area contributed by atoms with E-state index in [1.54, 1.807) is 6.92 Å². The fourth-order valence-electron chi connectivity index (χ4n) is 2.58. The van der Waals surface area contributed by atoms with Crippen molar-refractivity contribution in [2.24, 2.45) is 5.41 Å². The Bertz CT molecular complexity index is 337. The van der Waals surface area contributed by atoms with Crippen molar-refractivity contribution in [3.05, 3.63) is 17.4 Å². The highest BCUT2D eigenvalue weighted by Gasteiger charge is 2.44. The predicted octanol–water partition coefficient (Wildman–Crippen LogP) is 1.59. The number of hydrogen-bond acceptors (Lipinski definition) is 3. The molecule has 0 saturated heterocycles. The van der Waals surface area contributed by atoms with Gasteiger partial charge in [-0.25, -0.2) is 0 Å². The molecule has 0 aromatic carbocycles. The maximum absolute atomic E-state index is 10.9. The van der Waals surface area contributed by atoms with Gasteiger partial charge in [-0.15, -0.1) is 5.73 Å². The monoisotopic (exact) mass is 224 g/mol. The van der Waals surface area contributed by atoms with Gasteiger partial charge in [0.25, 0.3) is 0 Å². The smallest absolute Gasteiger partial charge is 0.160 e. The Kier molecular flexibility index (Phi) is 3.44. The minimum atomic E-state index is -1.09. The molecule has 1 aliphatic carbocycles. The zero-order valence-electron chi connectivity index (χ0n) is 10.4. The van der Waals surface area contributed by atoms with Crippen LogP contribution in [0.25, 0.3) is 0 Å². The molecule has 1 rings (SSSR count). The second-order valence-corrected chi connectivity index (χ2v) is 5.49. The minimum absolute atomic E-state index is 0.0924. The normalized spacial score (nSPS) is 33.1. The molecule has 0 amide bonds. The Labute approximate surface area is 96.5 Å². The minimum Gasteiger partial charge on any atom is -0.393 e. The molecule has 0 aromatic heterocycles. The summed E-state index contributed by atoms with van der Waals surface area (Å²) < 4.78 is 0. The summed E-state index contributed by atoms with van der Waals surface area (Å²) in [6.45, 7) is 7.00. The zero-order valence-corrected chi connectivity index (χ0v) is 10.4. The maximum atomic E-state index is 10.9. The van der Waals surface area contributed by atoms with Gasteiger partial charge in [-0.05, 0) is 25.7 Å². The van der Waals surface area contributed by atoms with Crippen LogP contribution in [0.5, 0.6) is 0 Å². The summed E-state index contributed by atoms with van der Waals surface area (Å²) in [6, 6.07) is 0. The first-order chi connectivity index (χ1) is 7.15. The zero-order chi connectivity index (χ0) is 12.6. The average molecular weight is 224 g/mol. The summed E-state index contributed by atoms with van der Waals surface area (Å²) >= 11 is 0. The van der Waals surface area contributed by atoms with Crippen molar-refractivity contribution in [3.8, 4) is 0 Å². The molecule has 2 atom stereocenters. The van der Waals surface area contributed by atoms with Crippen LogP contribution in [0, 0.1) is 5.41 Å². The topological polar surface area (TPSA) is 57.5 Å². The second-order valence-electron chi connectivity index (χ2n) is 5.49. The molecule has 1 saturated carbocycles. The van der Waals surface area contributed by atoms with Crippen molar-refractivity contribution in [2.45, 2.75) is 52.2 Å². The molecule has 0 unspecified atom stereocenters. The Morgan fingerprint density at radius 3 is 2.44 bits per heavy atom. The van der Waals surface area contributed by atoms with E-state index >= 15 is 0 Å². The molecule has 0 radical (unpaired) electrons. The Hall–Kier alpha value is -0.890. The van der Waals surface area contributed by atoms with Crippen molar-refractivity contribution in [1.29, 1.82) is 0 Å². The molecule has 1 aliphatic rings. The van der Waals surface area contributed by atoms with Crippen molar-refractivity contribution in [1.82, 2.24) is 0 Å². The molecular weight excluding hydrogens is 204 g/mol. The molecule has 0 bridgehead atoms. The van der Waals surface area contributed by atoms with E-state index < -0.39 is 11.7 Å². The summed E-state index contributed by atoms with van der Waals surface area (Å²) in [7, 11) is 0. The van der Waals surface area contributed by atoms with Gasteiger partial charge >= 0.3 is 0 Å². The lowest BCUT2D eigenvalue weighted by Crippen LogP contribution is -2.45. The highest BCUT2D eigenvalue weighted by atomic mass is 16.3. The summed E-state index contributed by atoms with van der Waals surface area (Å²) in [5.74, 6) is -0.0924. The van der Waals surface area contributed by atoms with E-state index in [4.69, 9.17) is 0 Å². The lowest BCUT2D eigenvalue weighted by molar-refractivity contribution is -0.112. The molecule has 0 spiro atoms. The van der Waals surface area contributed by atoms with Gasteiger partial charge in [-0.3, -0.25) is 4.79 Å². The van der Waals surface area contributed by atoms with E-state index in [-0.39, 0.29) is 11.2 Å². The number of carbonyl (C=O) groups is 1. The van der Waals surface area contributed by atoms with Crippen molar-refractivity contribution in [3.63, 3.8) is 0 Å². The van der Waals surface area contributed by atoms with E-state index in [9.17, 15) is 15.0 Å². The first-order valence-electron chi connectivity index (χ1n) is 5.54. The summed E-state index contributed by atoms with van der Waals surface area (Å²) in [4.78, 5) is 10.9. The van der Waals surface area contributed by atoms with Gasteiger partial charge in [0, 0.05) is 18.1 Å². The molecule has 0 aromatic rings. The highest BCUT2D eigenvalue weighted by molar-refractivity contribution is 5.87. The lowest BCUT2D eigenvalue weighted by Gasteiger charge is -2.43. The molecule has 2 N–H and O–H groups in total. The van der Waals surface area contributed by atoms with Gasteiger partial charge in [0.1, 0.15) is 0 Å². The van der Waals surface area contributed by atoms with Gasteiger partial charge in [-0.1, -0.05) is 13.8 Å². The fraction of sp³-hybridized carbons (Fsp3) is 0.692. The number of aliphatic hydroxyl groups excluding tert-OH is 1. The van der Waals surface area contributed by atoms with Crippen LogP contribution < -0.4 is 0 Å². The van der Waals surface area contributed by atoms with Gasteiger partial charge in [0.2, 0.25) is 0 Å². The SMILES string of the molecule is CC(=O)C=C=C1C(C)(C)C[C@@H](O)C[C@]1(C)O. The van der Waals surface area contributed by atoms with E-state index in [1.807, 2.05) is 13.8 Å². The standard InChI is InChI=1S/C13H20O3/c1-9(14)5-6-11-12(2,3)7-10(15)8-13(11,4)16/h5,10,15-16H,7-8H2,1-4H3/t6?,10-,13+/m1/s1. The second kappa shape index (κ2) is 4.17. The summed E-state index contributed by atoms with van der Waals surface area (Å²) in [5, 5.41) is 20.0. The Morgan fingerprint density at radius 2 is 2.00 bits per heavy atom. The van der Waals surface area contributed by atoms with Crippen LogP contribution in [0.1, 0.15) is 40.5 Å². The van der Waals surface area contributed by atoms with Crippen molar-refractivity contribution >= 4 is 5.78 Å². The van der Waals surface area contributed by atoms with E-state index in [2.05, 4.69) is 5.73 Å². The Balaban J connectivity index is 3.22. The van der Waals surface area contributed by atoms with Crippen LogP contribution in [0.2, 0.25) is 0 Å².